The zero-order chi connectivity index (χ0) is 22.4. The number of benzene rings is 1. The molecule has 1 aromatic heterocycles. The van der Waals surface area contributed by atoms with Crippen LogP contribution in [0, 0.1) is 0 Å². The average molecular weight is 456 g/mol. The number of hydrogen-bond acceptors (Lipinski definition) is 6. The highest BCUT2D eigenvalue weighted by molar-refractivity contribution is 7.08. The first-order valence-corrected chi connectivity index (χ1v) is 10.6. The van der Waals surface area contributed by atoms with Gasteiger partial charge in [-0.1, -0.05) is 0 Å². The second-order valence-electron chi connectivity index (χ2n) is 7.15. The zero-order valence-corrected chi connectivity index (χ0v) is 17.6. The lowest BCUT2D eigenvalue weighted by Crippen LogP contribution is -2.49. The lowest BCUT2D eigenvalue weighted by atomic mass is 10.1. The Morgan fingerprint density at radius 2 is 1.77 bits per heavy atom. The first kappa shape index (κ1) is 23.0. The molecule has 0 unspecified atom stereocenters. The molecular formula is C20H23F3N4O3S. The van der Waals surface area contributed by atoms with Crippen LogP contribution in [0.3, 0.4) is 0 Å². The predicted octanol–water partition coefficient (Wildman–Crippen LogP) is 2.69. The Labute approximate surface area is 181 Å². The average Bonchev–Trinajstić information content (AvgIpc) is 3.24. The number of amides is 2. The van der Waals surface area contributed by atoms with Crippen LogP contribution in [0.5, 0.6) is 5.75 Å². The van der Waals surface area contributed by atoms with Crippen molar-refractivity contribution in [1.29, 1.82) is 0 Å². The fourth-order valence-corrected chi connectivity index (χ4v) is 3.96. The molecule has 3 rings (SSSR count). The highest BCUT2D eigenvalue weighted by Gasteiger charge is 2.31. The van der Waals surface area contributed by atoms with E-state index in [0.717, 1.165) is 43.9 Å². The smallest absolute Gasteiger partial charge is 0.406 e. The summed E-state index contributed by atoms with van der Waals surface area (Å²) in [4.78, 5) is 29.0. The van der Waals surface area contributed by atoms with E-state index in [2.05, 4.69) is 32.2 Å². The van der Waals surface area contributed by atoms with E-state index in [1.54, 1.807) is 11.3 Å². The third kappa shape index (κ3) is 6.94. The quantitative estimate of drug-likeness (QED) is 0.654. The molecule has 1 atom stereocenters. The number of halogens is 3. The highest BCUT2D eigenvalue weighted by Crippen LogP contribution is 2.25. The van der Waals surface area contributed by atoms with Gasteiger partial charge in [-0.05, 0) is 53.7 Å². The summed E-state index contributed by atoms with van der Waals surface area (Å²) in [7, 11) is 2.06. The van der Waals surface area contributed by atoms with Crippen molar-refractivity contribution in [2.75, 3.05) is 45.1 Å². The van der Waals surface area contributed by atoms with Gasteiger partial charge in [-0.25, -0.2) is 0 Å². The fourth-order valence-electron chi connectivity index (χ4n) is 3.25. The van der Waals surface area contributed by atoms with Gasteiger partial charge >= 0.3 is 18.2 Å². The Hall–Kier alpha value is -2.63. The Balaban J connectivity index is 1.55. The van der Waals surface area contributed by atoms with E-state index in [0.29, 0.717) is 0 Å². The van der Waals surface area contributed by atoms with Crippen molar-refractivity contribution in [3.05, 3.63) is 46.7 Å². The molecule has 0 bridgehead atoms. The van der Waals surface area contributed by atoms with Crippen LogP contribution in [-0.4, -0.2) is 67.7 Å². The number of alkyl halides is 3. The number of piperazine rings is 1. The second-order valence-corrected chi connectivity index (χ2v) is 7.93. The molecule has 1 saturated heterocycles. The number of nitrogens with one attached hydrogen (secondary N) is 2. The van der Waals surface area contributed by atoms with E-state index in [4.69, 9.17) is 0 Å². The number of carbonyl (C=O) groups is 2. The molecule has 2 heterocycles. The van der Waals surface area contributed by atoms with Crippen molar-refractivity contribution in [3.8, 4) is 5.75 Å². The minimum Gasteiger partial charge on any atom is -0.406 e. The molecule has 1 aliphatic rings. The molecule has 0 radical (unpaired) electrons. The molecule has 0 saturated carbocycles. The molecule has 2 N–H and O–H groups in total. The van der Waals surface area contributed by atoms with Crippen LogP contribution < -0.4 is 15.4 Å². The van der Waals surface area contributed by atoms with Gasteiger partial charge in [0.25, 0.3) is 0 Å². The summed E-state index contributed by atoms with van der Waals surface area (Å²) in [5, 5.41) is 9.04. The minimum absolute atomic E-state index is 0.0458. The fraction of sp³-hybridized carbons (Fsp3) is 0.400. The molecule has 168 valence electrons. The third-order valence-electron chi connectivity index (χ3n) is 4.91. The normalized spacial score (nSPS) is 16.5. The van der Waals surface area contributed by atoms with Gasteiger partial charge in [0, 0.05) is 38.4 Å². The van der Waals surface area contributed by atoms with Crippen LogP contribution in [0.2, 0.25) is 0 Å². The van der Waals surface area contributed by atoms with Crippen LogP contribution >= 0.6 is 11.3 Å². The van der Waals surface area contributed by atoms with Gasteiger partial charge in [0.05, 0.1) is 6.04 Å². The molecule has 11 heteroatoms. The van der Waals surface area contributed by atoms with Gasteiger partial charge in [-0.15, -0.1) is 13.2 Å². The molecule has 2 amide bonds. The lowest BCUT2D eigenvalue weighted by Gasteiger charge is -2.37. The summed E-state index contributed by atoms with van der Waals surface area (Å²) < 4.78 is 40.4. The Kier molecular flexibility index (Phi) is 7.52. The largest absolute Gasteiger partial charge is 0.573 e. The molecule has 1 aliphatic heterocycles. The maximum absolute atomic E-state index is 12.3. The highest BCUT2D eigenvalue weighted by atomic mass is 32.1. The van der Waals surface area contributed by atoms with Crippen LogP contribution in [0.15, 0.2) is 41.1 Å². The summed E-state index contributed by atoms with van der Waals surface area (Å²) in [6.07, 6.45) is -4.80. The van der Waals surface area contributed by atoms with E-state index in [-0.39, 0.29) is 18.3 Å². The first-order valence-electron chi connectivity index (χ1n) is 9.61. The van der Waals surface area contributed by atoms with Crippen molar-refractivity contribution in [2.45, 2.75) is 12.4 Å². The molecule has 0 spiro atoms. The second kappa shape index (κ2) is 10.1. The maximum atomic E-state index is 12.3. The van der Waals surface area contributed by atoms with Crippen LogP contribution in [0.25, 0.3) is 0 Å². The first-order chi connectivity index (χ1) is 14.7. The van der Waals surface area contributed by atoms with E-state index in [1.807, 2.05) is 16.8 Å². The summed E-state index contributed by atoms with van der Waals surface area (Å²) in [5.41, 5.74) is 1.26. The molecule has 1 aromatic carbocycles. The Morgan fingerprint density at radius 3 is 2.35 bits per heavy atom. The lowest BCUT2D eigenvalue weighted by molar-refractivity contribution is -0.274. The third-order valence-corrected chi connectivity index (χ3v) is 5.62. The summed E-state index contributed by atoms with van der Waals surface area (Å²) in [6.45, 7) is 3.81. The monoisotopic (exact) mass is 456 g/mol. The van der Waals surface area contributed by atoms with Crippen LogP contribution in [0.1, 0.15) is 11.6 Å². The van der Waals surface area contributed by atoms with Crippen LogP contribution in [-0.2, 0) is 9.59 Å². The van der Waals surface area contributed by atoms with Crippen molar-refractivity contribution in [1.82, 2.24) is 15.1 Å². The number of thiophene rings is 1. The molecule has 7 nitrogen and oxygen atoms in total. The summed E-state index contributed by atoms with van der Waals surface area (Å²) in [5.74, 6) is -2.13. The Morgan fingerprint density at radius 1 is 1.10 bits per heavy atom. The van der Waals surface area contributed by atoms with Crippen molar-refractivity contribution >= 4 is 28.8 Å². The van der Waals surface area contributed by atoms with Gasteiger partial charge in [-0.3, -0.25) is 14.5 Å². The minimum atomic E-state index is -4.80. The van der Waals surface area contributed by atoms with Gasteiger partial charge in [0.15, 0.2) is 0 Å². The van der Waals surface area contributed by atoms with Gasteiger partial charge in [-0.2, -0.15) is 11.3 Å². The van der Waals surface area contributed by atoms with Crippen molar-refractivity contribution in [2.24, 2.45) is 0 Å². The number of ether oxygens (including phenoxy) is 1. The van der Waals surface area contributed by atoms with E-state index >= 15 is 0 Å². The predicted molar refractivity (Wildman–Crippen MR) is 111 cm³/mol. The van der Waals surface area contributed by atoms with Crippen molar-refractivity contribution in [3.63, 3.8) is 0 Å². The number of rotatable bonds is 6. The number of nitrogens with zero attached hydrogens (tertiary/aromatic N) is 2. The summed E-state index contributed by atoms with van der Waals surface area (Å²) >= 11 is 1.57. The topological polar surface area (TPSA) is 73.9 Å². The van der Waals surface area contributed by atoms with E-state index in [1.165, 1.54) is 12.1 Å². The van der Waals surface area contributed by atoms with Crippen molar-refractivity contribution < 1.29 is 27.5 Å². The van der Waals surface area contributed by atoms with E-state index < -0.39 is 23.9 Å². The summed E-state index contributed by atoms with van der Waals surface area (Å²) in [6, 6.07) is 6.53. The van der Waals surface area contributed by atoms with Gasteiger partial charge in [0.1, 0.15) is 5.75 Å². The number of carbonyl (C=O) groups excluding carboxylic acids is 2. The molecule has 1 fully saturated rings. The molecule has 2 aromatic rings. The maximum Gasteiger partial charge on any atom is 0.573 e. The zero-order valence-electron chi connectivity index (χ0n) is 16.8. The standard InChI is InChI=1S/C20H23F3N4O3S/c1-26-7-9-27(10-8-26)17(14-6-11-31-13-14)12-24-18(28)19(29)25-15-2-4-16(5-3-15)30-20(21,22)23/h2-6,11,13,17H,7-10,12H2,1H3,(H,24,28)(H,25,29)/t17-/m1/s1. The van der Waals surface area contributed by atoms with E-state index in [9.17, 15) is 22.8 Å². The number of hydrogen-bond donors (Lipinski definition) is 2. The Bertz CT molecular complexity index is 867. The van der Waals surface area contributed by atoms with Gasteiger partial charge < -0.3 is 20.3 Å². The van der Waals surface area contributed by atoms with Crippen LogP contribution in [0.4, 0.5) is 18.9 Å². The number of anilines is 1. The number of likely N-dealkylation sites (N-methyl/N-ethyl adjacent to an activating group) is 1. The molecule has 31 heavy (non-hydrogen) atoms. The molecular weight excluding hydrogens is 433 g/mol. The SMILES string of the molecule is CN1CCN([C@H](CNC(=O)C(=O)Nc2ccc(OC(F)(F)F)cc2)c2ccsc2)CC1. The van der Waals surface area contributed by atoms with Gasteiger partial charge in [0.2, 0.25) is 0 Å². The molecule has 0 aliphatic carbocycles.